The van der Waals surface area contributed by atoms with Crippen molar-refractivity contribution in [1.82, 2.24) is 0 Å². The Hall–Kier alpha value is -0.0100. The molecule has 0 bridgehead atoms. The van der Waals surface area contributed by atoms with Gasteiger partial charge in [-0.05, 0) is 6.92 Å². The average Bonchev–Trinajstić information content (AvgIpc) is 2.00. The van der Waals surface area contributed by atoms with Crippen LogP contribution in [0.1, 0.15) is 20.8 Å². The quantitative estimate of drug-likeness (QED) is 0.463. The Bertz CT molecular complexity index is 123. The Kier molecular flexibility index (Phi) is 4.78. The van der Waals surface area contributed by atoms with Crippen molar-refractivity contribution in [2.45, 2.75) is 32.3 Å². The molecule has 0 fully saturated rings. The lowest BCUT2D eigenvalue weighted by atomic mass is 9.91. The SMILES string of the molecule is C=CC(C)C([O])C(C)C(C)Cl. The van der Waals surface area contributed by atoms with Crippen LogP contribution in [0.2, 0.25) is 0 Å². The van der Waals surface area contributed by atoms with Crippen molar-refractivity contribution in [3.63, 3.8) is 0 Å². The van der Waals surface area contributed by atoms with E-state index in [1.165, 1.54) is 0 Å². The van der Waals surface area contributed by atoms with Crippen LogP contribution in [-0.4, -0.2) is 11.5 Å². The van der Waals surface area contributed by atoms with Gasteiger partial charge >= 0.3 is 0 Å². The molecule has 0 aliphatic rings. The van der Waals surface area contributed by atoms with Crippen molar-refractivity contribution < 1.29 is 5.11 Å². The summed E-state index contributed by atoms with van der Waals surface area (Å²) in [7, 11) is 0. The van der Waals surface area contributed by atoms with Crippen molar-refractivity contribution in [3.8, 4) is 0 Å². The van der Waals surface area contributed by atoms with Crippen LogP contribution < -0.4 is 0 Å². The fraction of sp³-hybridized carbons (Fsp3) is 0.778. The Morgan fingerprint density at radius 2 is 1.82 bits per heavy atom. The summed E-state index contributed by atoms with van der Waals surface area (Å²) in [5.74, 6) is 0.0101. The zero-order valence-electron chi connectivity index (χ0n) is 7.38. The van der Waals surface area contributed by atoms with Crippen molar-refractivity contribution in [2.75, 3.05) is 0 Å². The van der Waals surface area contributed by atoms with Crippen LogP contribution in [-0.2, 0) is 5.11 Å². The molecule has 0 N–H and O–H groups in total. The van der Waals surface area contributed by atoms with Gasteiger partial charge < -0.3 is 0 Å². The summed E-state index contributed by atoms with van der Waals surface area (Å²) in [4.78, 5) is 0. The van der Waals surface area contributed by atoms with Gasteiger partial charge in [0.2, 0.25) is 0 Å². The van der Waals surface area contributed by atoms with Gasteiger partial charge in [-0.25, -0.2) is 5.11 Å². The van der Waals surface area contributed by atoms with E-state index in [9.17, 15) is 5.11 Å². The molecule has 11 heavy (non-hydrogen) atoms. The molecule has 4 atom stereocenters. The van der Waals surface area contributed by atoms with E-state index in [0.29, 0.717) is 0 Å². The smallest absolute Gasteiger partial charge is 0.103 e. The van der Waals surface area contributed by atoms with Gasteiger partial charge in [0.15, 0.2) is 0 Å². The van der Waals surface area contributed by atoms with Crippen molar-refractivity contribution in [2.24, 2.45) is 11.8 Å². The highest BCUT2D eigenvalue weighted by molar-refractivity contribution is 6.20. The van der Waals surface area contributed by atoms with Crippen LogP contribution in [0.15, 0.2) is 12.7 Å². The molecule has 0 spiro atoms. The standard InChI is InChI=1S/C9H16ClO/c1-5-6(2)9(11)7(3)8(4)10/h5-9H,1H2,2-4H3. The first-order valence-electron chi connectivity index (χ1n) is 3.93. The highest BCUT2D eigenvalue weighted by atomic mass is 35.5. The van der Waals surface area contributed by atoms with Gasteiger partial charge in [-0.2, -0.15) is 0 Å². The fourth-order valence-electron chi connectivity index (χ4n) is 0.874. The van der Waals surface area contributed by atoms with E-state index in [0.717, 1.165) is 0 Å². The summed E-state index contributed by atoms with van der Waals surface area (Å²) in [6.07, 6.45) is 1.06. The van der Waals surface area contributed by atoms with Crippen LogP contribution in [0.3, 0.4) is 0 Å². The normalized spacial score (nSPS) is 21.9. The molecule has 0 aromatic heterocycles. The molecule has 0 saturated heterocycles. The van der Waals surface area contributed by atoms with Crippen molar-refractivity contribution in [1.29, 1.82) is 0 Å². The first kappa shape index (κ1) is 11.0. The highest BCUT2D eigenvalue weighted by Gasteiger charge is 2.24. The van der Waals surface area contributed by atoms with Crippen LogP contribution >= 0.6 is 11.6 Å². The Balaban J connectivity index is 4.00. The fourth-order valence-corrected chi connectivity index (χ4v) is 1.02. The first-order chi connectivity index (χ1) is 5.00. The predicted molar refractivity (Wildman–Crippen MR) is 48.3 cm³/mol. The summed E-state index contributed by atoms with van der Waals surface area (Å²) in [6.45, 7) is 9.19. The third-order valence-corrected chi connectivity index (χ3v) is 2.53. The lowest BCUT2D eigenvalue weighted by Gasteiger charge is -2.22. The number of alkyl halides is 1. The van der Waals surface area contributed by atoms with Gasteiger partial charge in [-0.1, -0.05) is 19.9 Å². The Labute approximate surface area is 74.1 Å². The molecular formula is C9H16ClO. The molecular weight excluding hydrogens is 160 g/mol. The maximum atomic E-state index is 11.4. The molecule has 0 aromatic carbocycles. The maximum Gasteiger partial charge on any atom is 0.103 e. The number of rotatable bonds is 4. The lowest BCUT2D eigenvalue weighted by Crippen LogP contribution is -2.28. The molecule has 0 saturated carbocycles. The molecule has 0 amide bonds. The van der Waals surface area contributed by atoms with Gasteiger partial charge in [-0.3, -0.25) is 0 Å². The number of halogens is 1. The maximum absolute atomic E-state index is 11.4. The molecule has 4 unspecified atom stereocenters. The summed E-state index contributed by atoms with van der Waals surface area (Å²) >= 11 is 5.79. The van der Waals surface area contributed by atoms with E-state index in [1.54, 1.807) is 6.08 Å². The minimum atomic E-state index is -0.625. The summed E-state index contributed by atoms with van der Waals surface area (Å²) in [5, 5.41) is 11.4. The zero-order chi connectivity index (χ0) is 9.02. The molecule has 0 rings (SSSR count). The molecule has 0 aliphatic carbocycles. The van der Waals surface area contributed by atoms with E-state index in [4.69, 9.17) is 11.6 Å². The molecule has 1 nitrogen and oxygen atoms in total. The Morgan fingerprint density at radius 1 is 1.36 bits per heavy atom. The highest BCUT2D eigenvalue weighted by Crippen LogP contribution is 2.20. The molecule has 1 radical (unpaired) electrons. The summed E-state index contributed by atoms with van der Waals surface area (Å²) < 4.78 is 0. The van der Waals surface area contributed by atoms with Crippen LogP contribution in [0.25, 0.3) is 0 Å². The van der Waals surface area contributed by atoms with Gasteiger partial charge in [0.1, 0.15) is 6.10 Å². The predicted octanol–water partition coefficient (Wildman–Crippen LogP) is 2.87. The molecule has 0 aliphatic heterocycles. The minimum Gasteiger partial charge on any atom is -0.232 e. The van der Waals surface area contributed by atoms with Gasteiger partial charge in [0.25, 0.3) is 0 Å². The van der Waals surface area contributed by atoms with E-state index in [1.807, 2.05) is 20.8 Å². The van der Waals surface area contributed by atoms with E-state index >= 15 is 0 Å². The van der Waals surface area contributed by atoms with Gasteiger partial charge in [0.05, 0.1) is 0 Å². The average molecular weight is 176 g/mol. The monoisotopic (exact) mass is 175 g/mol. The first-order valence-corrected chi connectivity index (χ1v) is 4.36. The zero-order valence-corrected chi connectivity index (χ0v) is 8.14. The summed E-state index contributed by atoms with van der Waals surface area (Å²) in [5.41, 5.74) is 0. The second-order valence-electron chi connectivity index (χ2n) is 3.10. The van der Waals surface area contributed by atoms with Crippen molar-refractivity contribution in [3.05, 3.63) is 12.7 Å². The molecule has 0 heterocycles. The lowest BCUT2D eigenvalue weighted by molar-refractivity contribution is 0.0156. The summed E-state index contributed by atoms with van der Waals surface area (Å²) in [6, 6.07) is 0. The molecule has 0 aromatic rings. The van der Waals surface area contributed by atoms with Crippen LogP contribution in [0.4, 0.5) is 0 Å². The molecule has 65 valence electrons. The van der Waals surface area contributed by atoms with E-state index < -0.39 is 6.10 Å². The second-order valence-corrected chi connectivity index (χ2v) is 3.78. The molecule has 2 heteroatoms. The largest absolute Gasteiger partial charge is 0.232 e. The van der Waals surface area contributed by atoms with Crippen LogP contribution in [0, 0.1) is 11.8 Å². The van der Waals surface area contributed by atoms with Gasteiger partial charge in [0, 0.05) is 17.2 Å². The van der Waals surface area contributed by atoms with E-state index in [2.05, 4.69) is 6.58 Å². The van der Waals surface area contributed by atoms with E-state index in [-0.39, 0.29) is 17.2 Å². The second kappa shape index (κ2) is 4.78. The topological polar surface area (TPSA) is 19.9 Å². The Morgan fingerprint density at radius 3 is 2.09 bits per heavy atom. The third-order valence-electron chi connectivity index (χ3n) is 2.13. The number of hydrogen-bond donors (Lipinski definition) is 0. The van der Waals surface area contributed by atoms with Gasteiger partial charge in [-0.15, -0.1) is 18.2 Å². The number of hydrogen-bond acceptors (Lipinski definition) is 0. The minimum absolute atomic E-state index is 0.00432. The van der Waals surface area contributed by atoms with Crippen molar-refractivity contribution >= 4 is 11.6 Å². The third kappa shape index (κ3) is 3.26. The van der Waals surface area contributed by atoms with Crippen LogP contribution in [0.5, 0.6) is 0 Å².